The van der Waals surface area contributed by atoms with Crippen LogP contribution in [0.2, 0.25) is 0 Å². The first-order valence-corrected chi connectivity index (χ1v) is 8.25. The number of aliphatic hydroxyl groups is 1. The average molecular weight is 352 g/mol. The molecule has 1 heterocycles. The maximum absolute atomic E-state index is 12.3. The lowest BCUT2D eigenvalue weighted by Gasteiger charge is -2.20. The highest BCUT2D eigenvalue weighted by molar-refractivity contribution is 6.08. The topological polar surface area (TPSA) is 117 Å². The van der Waals surface area contributed by atoms with Gasteiger partial charge in [-0.05, 0) is 29.8 Å². The lowest BCUT2D eigenvalue weighted by molar-refractivity contribution is -0.121. The molecule has 0 radical (unpaired) electrons. The highest BCUT2D eigenvalue weighted by Gasteiger charge is 2.22. The molecule has 26 heavy (non-hydrogen) atoms. The van der Waals surface area contributed by atoms with Crippen molar-refractivity contribution in [2.45, 2.75) is 20.0 Å². The summed E-state index contributed by atoms with van der Waals surface area (Å²) in [4.78, 5) is 23.7. The normalized spacial score (nSPS) is 16.6. The van der Waals surface area contributed by atoms with Gasteiger partial charge < -0.3 is 16.2 Å². The van der Waals surface area contributed by atoms with E-state index >= 15 is 0 Å². The number of aliphatic hydroxyl groups excluding tert-OH is 1. The van der Waals surface area contributed by atoms with Crippen LogP contribution in [0.25, 0.3) is 0 Å². The van der Waals surface area contributed by atoms with Gasteiger partial charge in [0.25, 0.3) is 5.91 Å². The molecule has 0 spiro atoms. The van der Waals surface area contributed by atoms with Crippen LogP contribution in [0.1, 0.15) is 34.8 Å². The van der Waals surface area contributed by atoms with Gasteiger partial charge in [-0.15, -0.1) is 0 Å². The number of hydrogen-bond donors (Lipinski definition) is 4. The second-order valence-electron chi connectivity index (χ2n) is 6.25. The number of carbonyl (C=O) groups excluding carboxylic acids is 2. The van der Waals surface area contributed by atoms with E-state index in [1.54, 1.807) is 36.4 Å². The largest absolute Gasteiger partial charge is 0.397 e. The summed E-state index contributed by atoms with van der Waals surface area (Å²) in [5.74, 6) is -0.400. The average Bonchev–Trinajstić information content (AvgIpc) is 2.63. The van der Waals surface area contributed by atoms with Crippen LogP contribution in [0.4, 0.5) is 11.4 Å². The van der Waals surface area contributed by atoms with E-state index in [0.717, 1.165) is 16.8 Å². The summed E-state index contributed by atoms with van der Waals surface area (Å²) in [6.45, 7) is 1.86. The van der Waals surface area contributed by atoms with Crippen molar-refractivity contribution in [3.05, 3.63) is 59.2 Å². The van der Waals surface area contributed by atoms with Crippen molar-refractivity contribution in [3.63, 3.8) is 0 Å². The molecule has 1 unspecified atom stereocenters. The number of carbonyl (C=O) groups is 2. The van der Waals surface area contributed by atoms with E-state index in [1.807, 2.05) is 13.0 Å². The monoisotopic (exact) mass is 352 g/mol. The molecule has 0 saturated carbocycles. The summed E-state index contributed by atoms with van der Waals surface area (Å²) in [5, 5.41) is 15.9. The van der Waals surface area contributed by atoms with E-state index in [4.69, 9.17) is 10.8 Å². The Morgan fingerprint density at radius 2 is 2.04 bits per heavy atom. The predicted molar refractivity (Wildman–Crippen MR) is 99.6 cm³/mol. The number of nitrogens with one attached hydrogen (secondary N) is 2. The third kappa shape index (κ3) is 3.73. The van der Waals surface area contributed by atoms with Gasteiger partial charge in [0.2, 0.25) is 5.91 Å². The summed E-state index contributed by atoms with van der Waals surface area (Å²) >= 11 is 0. The van der Waals surface area contributed by atoms with Gasteiger partial charge in [0.05, 0.1) is 23.7 Å². The van der Waals surface area contributed by atoms with Crippen LogP contribution in [-0.4, -0.2) is 22.6 Å². The third-order valence-electron chi connectivity index (χ3n) is 4.25. The molecule has 2 amide bonds. The first-order valence-electron chi connectivity index (χ1n) is 8.25. The quantitative estimate of drug-likeness (QED) is 0.628. The van der Waals surface area contributed by atoms with Crippen molar-refractivity contribution in [2.75, 3.05) is 11.1 Å². The van der Waals surface area contributed by atoms with Crippen molar-refractivity contribution in [2.24, 2.45) is 11.0 Å². The number of benzene rings is 2. The van der Waals surface area contributed by atoms with Gasteiger partial charge in [-0.25, -0.2) is 5.43 Å². The van der Waals surface area contributed by atoms with Crippen molar-refractivity contribution >= 4 is 28.9 Å². The minimum Gasteiger partial charge on any atom is -0.397 e. The molecule has 0 bridgehead atoms. The second-order valence-corrected chi connectivity index (χ2v) is 6.25. The van der Waals surface area contributed by atoms with Crippen molar-refractivity contribution in [1.29, 1.82) is 0 Å². The number of anilines is 2. The first-order chi connectivity index (χ1) is 12.5. The number of nitrogen functional groups attached to an aromatic ring is 1. The van der Waals surface area contributed by atoms with Gasteiger partial charge in [0, 0.05) is 23.5 Å². The third-order valence-corrected chi connectivity index (χ3v) is 4.25. The molecular formula is C19H20N4O3. The second kappa shape index (κ2) is 7.37. The molecule has 134 valence electrons. The molecule has 7 heteroatoms. The summed E-state index contributed by atoms with van der Waals surface area (Å²) in [5.41, 5.74) is 12.2. The standard InChI is InChI=1S/C19H20N4O3/c1-11-8-17(25)22-23-18(11)14-6-7-16(15(20)9-14)21-19(26)13-4-2-12(10-24)3-5-13/h2-7,9,11,24H,8,10,20H2,1H3,(H,21,26)(H,22,25). The lowest BCUT2D eigenvalue weighted by Crippen LogP contribution is -2.32. The molecule has 7 nitrogen and oxygen atoms in total. The maximum atomic E-state index is 12.3. The number of nitrogens with zero attached hydrogens (tertiary/aromatic N) is 1. The molecule has 2 aromatic carbocycles. The molecule has 1 aliphatic heterocycles. The Kier molecular flexibility index (Phi) is 4.99. The van der Waals surface area contributed by atoms with Crippen LogP contribution in [0.15, 0.2) is 47.6 Å². The molecule has 3 rings (SSSR count). The SMILES string of the molecule is CC1CC(=O)NN=C1c1ccc(NC(=O)c2ccc(CO)cc2)c(N)c1. The number of rotatable bonds is 4. The van der Waals surface area contributed by atoms with Gasteiger partial charge in [-0.3, -0.25) is 9.59 Å². The van der Waals surface area contributed by atoms with Crippen molar-refractivity contribution in [3.8, 4) is 0 Å². The van der Waals surface area contributed by atoms with E-state index in [2.05, 4.69) is 15.8 Å². The van der Waals surface area contributed by atoms with Gasteiger partial charge in [-0.2, -0.15) is 5.10 Å². The Morgan fingerprint density at radius 3 is 2.65 bits per heavy atom. The van der Waals surface area contributed by atoms with Crippen LogP contribution in [0.3, 0.4) is 0 Å². The summed E-state index contributed by atoms with van der Waals surface area (Å²) in [6.07, 6.45) is 0.376. The summed E-state index contributed by atoms with van der Waals surface area (Å²) < 4.78 is 0. The van der Waals surface area contributed by atoms with E-state index < -0.39 is 0 Å². The van der Waals surface area contributed by atoms with Crippen LogP contribution in [0, 0.1) is 5.92 Å². The lowest BCUT2D eigenvalue weighted by atomic mass is 9.93. The minimum absolute atomic E-state index is 0.00590. The molecule has 0 saturated heterocycles. The molecular weight excluding hydrogens is 332 g/mol. The fraction of sp³-hybridized carbons (Fsp3) is 0.211. The van der Waals surface area contributed by atoms with E-state index in [9.17, 15) is 9.59 Å². The van der Waals surface area contributed by atoms with Crippen LogP contribution >= 0.6 is 0 Å². The smallest absolute Gasteiger partial charge is 0.255 e. The Morgan fingerprint density at radius 1 is 1.31 bits per heavy atom. The number of hydrazone groups is 1. The maximum Gasteiger partial charge on any atom is 0.255 e. The highest BCUT2D eigenvalue weighted by atomic mass is 16.3. The molecule has 0 aliphatic carbocycles. The van der Waals surface area contributed by atoms with Gasteiger partial charge in [0.15, 0.2) is 0 Å². The molecule has 1 aliphatic rings. The minimum atomic E-state index is -0.287. The molecule has 2 aromatic rings. The van der Waals surface area contributed by atoms with Gasteiger partial charge in [0.1, 0.15) is 0 Å². The number of amides is 2. The van der Waals surface area contributed by atoms with E-state index in [-0.39, 0.29) is 24.3 Å². The Labute approximate surface area is 150 Å². The summed E-state index contributed by atoms with van der Waals surface area (Å²) in [7, 11) is 0. The van der Waals surface area contributed by atoms with E-state index in [1.165, 1.54) is 0 Å². The number of nitrogens with two attached hydrogens (primary N) is 1. The molecule has 5 N–H and O–H groups in total. The molecule has 0 aromatic heterocycles. The predicted octanol–water partition coefficient (Wildman–Crippen LogP) is 1.87. The van der Waals surface area contributed by atoms with Crippen molar-refractivity contribution < 1.29 is 14.7 Å². The zero-order valence-electron chi connectivity index (χ0n) is 14.3. The van der Waals surface area contributed by atoms with Crippen LogP contribution < -0.4 is 16.5 Å². The van der Waals surface area contributed by atoms with Gasteiger partial charge in [-0.1, -0.05) is 25.1 Å². The fourth-order valence-corrected chi connectivity index (χ4v) is 2.79. The van der Waals surface area contributed by atoms with Crippen molar-refractivity contribution in [1.82, 2.24) is 5.43 Å². The fourth-order valence-electron chi connectivity index (χ4n) is 2.79. The Bertz CT molecular complexity index is 875. The van der Waals surface area contributed by atoms with E-state index in [0.29, 0.717) is 23.4 Å². The van der Waals surface area contributed by atoms with Crippen LogP contribution in [-0.2, 0) is 11.4 Å². The Hall–Kier alpha value is -3.19. The first kappa shape index (κ1) is 17.6. The number of hydrogen-bond acceptors (Lipinski definition) is 5. The zero-order valence-corrected chi connectivity index (χ0v) is 14.3. The Balaban J connectivity index is 1.77. The molecule has 0 fully saturated rings. The van der Waals surface area contributed by atoms with Crippen LogP contribution in [0.5, 0.6) is 0 Å². The summed E-state index contributed by atoms with van der Waals surface area (Å²) in [6, 6.07) is 11.9. The zero-order chi connectivity index (χ0) is 18.7. The van der Waals surface area contributed by atoms with Gasteiger partial charge >= 0.3 is 0 Å². The highest BCUT2D eigenvalue weighted by Crippen LogP contribution is 2.24. The molecule has 1 atom stereocenters.